The van der Waals surface area contributed by atoms with Crippen LogP contribution in [0.25, 0.3) is 56.2 Å². The Bertz CT molecular complexity index is 1910. The molecule has 0 aliphatic carbocycles. The van der Waals surface area contributed by atoms with E-state index in [4.69, 9.17) is 10.5 Å². The van der Waals surface area contributed by atoms with Crippen molar-refractivity contribution in [1.82, 2.24) is 4.57 Å². The first-order chi connectivity index (χ1) is 21.8. The van der Waals surface area contributed by atoms with Gasteiger partial charge in [0.15, 0.2) is 0 Å². The fraction of sp³-hybridized carbons (Fsp3) is 0.158. The van der Waals surface area contributed by atoms with Gasteiger partial charge in [0.1, 0.15) is 23.3 Å². The topological polar surface area (TPSA) is 127 Å². The van der Waals surface area contributed by atoms with Gasteiger partial charge in [-0.15, -0.1) is 0 Å². The van der Waals surface area contributed by atoms with Gasteiger partial charge < -0.3 is 14.8 Å². The predicted molar refractivity (Wildman–Crippen MR) is 177 cm³/mol. The maximum absolute atomic E-state index is 11.2. The molecule has 0 fully saturated rings. The Labute approximate surface area is 261 Å². The summed E-state index contributed by atoms with van der Waals surface area (Å²) in [4.78, 5) is 22.5. The largest absolute Gasteiger partial charge is 0.477 e. The predicted octanol–water partition coefficient (Wildman–Crippen LogP) is 8.69. The van der Waals surface area contributed by atoms with E-state index in [-0.39, 0.29) is 11.1 Å². The lowest BCUT2D eigenvalue weighted by Gasteiger charge is -2.09. The molecular formula is C38H31N3O4. The number of aliphatic carboxylic acids is 2. The van der Waals surface area contributed by atoms with Crippen molar-refractivity contribution in [2.45, 2.75) is 39.2 Å². The standard InChI is InChI=1S/C38H31N3O4/c1-2-3-4-5-18-41-35-16-14-29(27-10-6-25(7-11-27)19-31(23-39)37(42)43)21-33(35)34-22-30(15-17-36(34)41)28-12-8-26(9-13-28)20-32(24-40)38(44)45/h6-17,19-22H,2-5,18H2,1H3,(H,42,43)(H,44,45)/b31-19-,32-20-. The second kappa shape index (κ2) is 13.6. The second-order valence-corrected chi connectivity index (χ2v) is 10.9. The van der Waals surface area contributed by atoms with E-state index in [1.165, 1.54) is 31.4 Å². The monoisotopic (exact) mass is 593 g/mol. The van der Waals surface area contributed by atoms with Gasteiger partial charge in [0.25, 0.3) is 0 Å². The van der Waals surface area contributed by atoms with Gasteiger partial charge in [-0.25, -0.2) is 9.59 Å². The summed E-state index contributed by atoms with van der Waals surface area (Å²) in [5, 5.41) is 38.8. The molecule has 0 saturated carbocycles. The van der Waals surface area contributed by atoms with Crippen molar-refractivity contribution in [3.05, 3.63) is 107 Å². The molecular weight excluding hydrogens is 562 g/mol. The Kier molecular flexibility index (Phi) is 9.22. The number of unbranched alkanes of at least 4 members (excludes halogenated alkanes) is 3. The van der Waals surface area contributed by atoms with E-state index in [2.05, 4.69) is 47.9 Å². The first kappa shape index (κ1) is 30.5. The van der Waals surface area contributed by atoms with Crippen molar-refractivity contribution in [2.24, 2.45) is 0 Å². The molecule has 0 saturated heterocycles. The summed E-state index contributed by atoms with van der Waals surface area (Å²) in [5.74, 6) is -2.51. The minimum atomic E-state index is -1.25. The molecule has 4 aromatic carbocycles. The maximum Gasteiger partial charge on any atom is 0.346 e. The number of aromatic nitrogens is 1. The molecule has 0 bridgehead atoms. The molecule has 45 heavy (non-hydrogen) atoms. The lowest BCUT2D eigenvalue weighted by Crippen LogP contribution is -1.98. The SMILES string of the molecule is CCCCCCn1c2ccc(-c3ccc(/C=C(/C#N)C(=O)O)cc3)cc2c2cc(-c3ccc(/C=C(/C#N)C(=O)O)cc3)ccc21. The number of carboxylic acid groups (broad SMARTS) is 2. The van der Waals surface area contributed by atoms with Gasteiger partial charge >= 0.3 is 11.9 Å². The first-order valence-electron chi connectivity index (χ1n) is 14.8. The molecule has 1 aromatic heterocycles. The quantitative estimate of drug-likeness (QED) is 0.0896. The molecule has 5 rings (SSSR count). The van der Waals surface area contributed by atoms with E-state index in [0.29, 0.717) is 11.1 Å². The van der Waals surface area contributed by atoms with Crippen LogP contribution in [0.2, 0.25) is 0 Å². The molecule has 0 amide bonds. The molecule has 0 atom stereocenters. The summed E-state index contributed by atoms with van der Waals surface area (Å²) < 4.78 is 2.39. The van der Waals surface area contributed by atoms with Crippen molar-refractivity contribution in [2.75, 3.05) is 0 Å². The number of aryl methyl sites for hydroxylation is 1. The number of benzene rings is 4. The van der Waals surface area contributed by atoms with Gasteiger partial charge in [0.2, 0.25) is 0 Å². The highest BCUT2D eigenvalue weighted by Crippen LogP contribution is 2.36. The van der Waals surface area contributed by atoms with E-state index in [1.54, 1.807) is 12.1 Å². The van der Waals surface area contributed by atoms with Gasteiger partial charge in [-0.05, 0) is 76.2 Å². The minimum absolute atomic E-state index is 0.315. The normalized spacial score (nSPS) is 11.8. The fourth-order valence-electron chi connectivity index (χ4n) is 5.56. The molecule has 7 heteroatoms. The van der Waals surface area contributed by atoms with Crippen LogP contribution in [0.5, 0.6) is 0 Å². The molecule has 0 aliphatic rings. The number of fused-ring (bicyclic) bond motifs is 3. The highest BCUT2D eigenvalue weighted by Gasteiger charge is 2.14. The number of carboxylic acids is 2. The van der Waals surface area contributed by atoms with E-state index in [0.717, 1.165) is 57.0 Å². The Morgan fingerprint density at radius 2 is 1.07 bits per heavy atom. The van der Waals surface area contributed by atoms with Crippen molar-refractivity contribution >= 4 is 45.9 Å². The summed E-state index contributed by atoms with van der Waals surface area (Å²) in [6.07, 6.45) is 7.35. The van der Waals surface area contributed by atoms with Crippen molar-refractivity contribution in [3.8, 4) is 34.4 Å². The van der Waals surface area contributed by atoms with Crippen LogP contribution in [0.1, 0.15) is 43.7 Å². The lowest BCUT2D eigenvalue weighted by molar-refractivity contribution is -0.133. The second-order valence-electron chi connectivity index (χ2n) is 10.9. The molecule has 0 unspecified atom stereocenters. The molecule has 7 nitrogen and oxygen atoms in total. The van der Waals surface area contributed by atoms with E-state index in [1.807, 2.05) is 48.5 Å². The van der Waals surface area contributed by atoms with Crippen LogP contribution in [-0.2, 0) is 16.1 Å². The minimum Gasteiger partial charge on any atom is -0.477 e. The van der Waals surface area contributed by atoms with Gasteiger partial charge in [-0.1, -0.05) is 86.8 Å². The van der Waals surface area contributed by atoms with Gasteiger partial charge in [-0.3, -0.25) is 0 Å². The van der Waals surface area contributed by atoms with Crippen LogP contribution in [0, 0.1) is 22.7 Å². The van der Waals surface area contributed by atoms with Crippen molar-refractivity contribution in [3.63, 3.8) is 0 Å². The zero-order chi connectivity index (χ0) is 31.9. The molecule has 0 spiro atoms. The summed E-state index contributed by atoms with van der Waals surface area (Å²) >= 11 is 0. The van der Waals surface area contributed by atoms with Crippen LogP contribution < -0.4 is 0 Å². The van der Waals surface area contributed by atoms with E-state index < -0.39 is 11.9 Å². The smallest absolute Gasteiger partial charge is 0.346 e. The zero-order valence-corrected chi connectivity index (χ0v) is 24.8. The van der Waals surface area contributed by atoms with Crippen LogP contribution in [0.3, 0.4) is 0 Å². The van der Waals surface area contributed by atoms with Crippen LogP contribution in [0.15, 0.2) is 96.1 Å². The van der Waals surface area contributed by atoms with Gasteiger partial charge in [0, 0.05) is 28.4 Å². The molecule has 5 aromatic rings. The van der Waals surface area contributed by atoms with Crippen molar-refractivity contribution in [1.29, 1.82) is 10.5 Å². The highest BCUT2D eigenvalue weighted by molar-refractivity contribution is 6.10. The summed E-state index contributed by atoms with van der Waals surface area (Å²) in [7, 11) is 0. The summed E-state index contributed by atoms with van der Waals surface area (Å²) in [6.45, 7) is 3.12. The number of hydrogen-bond acceptors (Lipinski definition) is 4. The van der Waals surface area contributed by atoms with Crippen molar-refractivity contribution < 1.29 is 19.8 Å². The Morgan fingerprint density at radius 1 is 0.644 bits per heavy atom. The average Bonchev–Trinajstić information content (AvgIpc) is 3.36. The van der Waals surface area contributed by atoms with Crippen LogP contribution in [-0.4, -0.2) is 26.7 Å². The summed E-state index contributed by atoms with van der Waals surface area (Å²) in [5.41, 5.74) is 6.95. The van der Waals surface area contributed by atoms with Crippen LogP contribution in [0.4, 0.5) is 0 Å². The third kappa shape index (κ3) is 6.69. The first-order valence-corrected chi connectivity index (χ1v) is 14.8. The fourth-order valence-corrected chi connectivity index (χ4v) is 5.56. The highest BCUT2D eigenvalue weighted by atomic mass is 16.4. The average molecular weight is 594 g/mol. The lowest BCUT2D eigenvalue weighted by atomic mass is 9.99. The number of rotatable bonds is 11. The van der Waals surface area contributed by atoms with Gasteiger partial charge in [0.05, 0.1) is 0 Å². The number of nitriles is 2. The number of hydrogen-bond donors (Lipinski definition) is 2. The number of nitrogens with zero attached hydrogens (tertiary/aromatic N) is 3. The Balaban J connectivity index is 1.56. The third-order valence-electron chi connectivity index (χ3n) is 7.91. The molecule has 0 radical (unpaired) electrons. The molecule has 222 valence electrons. The number of carbonyl (C=O) groups is 2. The van der Waals surface area contributed by atoms with E-state index in [9.17, 15) is 19.8 Å². The van der Waals surface area contributed by atoms with Gasteiger partial charge in [-0.2, -0.15) is 10.5 Å². The Hall–Kier alpha value is -5.92. The molecule has 0 aliphatic heterocycles. The molecule has 1 heterocycles. The van der Waals surface area contributed by atoms with Crippen LogP contribution >= 0.6 is 0 Å². The summed E-state index contributed by atoms with van der Waals surface area (Å²) in [6, 6.07) is 31.3. The molecule has 2 N–H and O–H groups in total. The maximum atomic E-state index is 11.2. The Morgan fingerprint density at radius 3 is 1.44 bits per heavy atom. The van der Waals surface area contributed by atoms with E-state index >= 15 is 0 Å². The third-order valence-corrected chi connectivity index (χ3v) is 7.91. The zero-order valence-electron chi connectivity index (χ0n) is 24.8.